The van der Waals surface area contributed by atoms with E-state index in [1.807, 2.05) is 54.6 Å². The van der Waals surface area contributed by atoms with Crippen LogP contribution < -0.4 is 20.7 Å². The van der Waals surface area contributed by atoms with Crippen LogP contribution in [0.15, 0.2) is 54.6 Å². The summed E-state index contributed by atoms with van der Waals surface area (Å²) in [7, 11) is 0. The quantitative estimate of drug-likeness (QED) is 0.608. The highest BCUT2D eigenvalue weighted by Crippen LogP contribution is 2.15. The lowest BCUT2D eigenvalue weighted by Gasteiger charge is -2.10. The molecular weight excluding hydrogens is 314 g/mol. The van der Waals surface area contributed by atoms with E-state index >= 15 is 0 Å². The zero-order valence-electron chi connectivity index (χ0n) is 14.9. The summed E-state index contributed by atoms with van der Waals surface area (Å²) in [6.45, 7) is 6.37. The van der Waals surface area contributed by atoms with Crippen molar-refractivity contribution in [2.45, 2.75) is 32.9 Å². The second-order valence-corrected chi connectivity index (χ2v) is 6.13. The molecule has 0 fully saturated rings. The van der Waals surface area contributed by atoms with Crippen LogP contribution in [-0.4, -0.2) is 25.2 Å². The monoisotopic (exact) mass is 341 g/mol. The molecular formula is C20H27N3O2. The van der Waals surface area contributed by atoms with E-state index < -0.39 is 0 Å². The Labute approximate surface area is 149 Å². The first-order chi connectivity index (χ1) is 12.1. The van der Waals surface area contributed by atoms with Crippen LogP contribution in [0.5, 0.6) is 5.75 Å². The number of ether oxygens (including phenoxy) is 1. The summed E-state index contributed by atoms with van der Waals surface area (Å²) >= 11 is 0. The molecule has 3 N–H and O–H groups in total. The second-order valence-electron chi connectivity index (χ2n) is 6.13. The van der Waals surface area contributed by atoms with Gasteiger partial charge in [0.2, 0.25) is 0 Å². The molecule has 5 heteroatoms. The Morgan fingerprint density at radius 2 is 1.76 bits per heavy atom. The Hall–Kier alpha value is -2.53. The lowest BCUT2D eigenvalue weighted by molar-refractivity contribution is 0.251. The van der Waals surface area contributed by atoms with Gasteiger partial charge in [-0.1, -0.05) is 44.2 Å². The fourth-order valence-corrected chi connectivity index (χ4v) is 2.24. The number of urea groups is 1. The SMILES string of the molecule is CC(C)NCCCOc1ccc(NC(=O)NCc2ccccc2)cc1. The molecule has 25 heavy (non-hydrogen) atoms. The van der Waals surface area contributed by atoms with Gasteiger partial charge in [-0.25, -0.2) is 4.79 Å². The van der Waals surface area contributed by atoms with E-state index in [9.17, 15) is 4.79 Å². The number of carbonyl (C=O) groups is 1. The van der Waals surface area contributed by atoms with Crippen molar-refractivity contribution in [1.82, 2.24) is 10.6 Å². The van der Waals surface area contributed by atoms with Crippen LogP contribution in [-0.2, 0) is 6.54 Å². The molecule has 0 aliphatic carbocycles. The van der Waals surface area contributed by atoms with Gasteiger partial charge in [-0.3, -0.25) is 0 Å². The number of benzene rings is 2. The van der Waals surface area contributed by atoms with Crippen molar-refractivity contribution in [3.63, 3.8) is 0 Å². The van der Waals surface area contributed by atoms with Gasteiger partial charge in [0.1, 0.15) is 5.75 Å². The topological polar surface area (TPSA) is 62.4 Å². The average Bonchev–Trinajstić information content (AvgIpc) is 2.62. The molecule has 0 unspecified atom stereocenters. The molecule has 0 atom stereocenters. The third-order valence-electron chi connectivity index (χ3n) is 3.55. The van der Waals surface area contributed by atoms with Crippen molar-refractivity contribution < 1.29 is 9.53 Å². The molecule has 0 bridgehead atoms. The third-order valence-corrected chi connectivity index (χ3v) is 3.55. The summed E-state index contributed by atoms with van der Waals surface area (Å²) in [5.74, 6) is 0.805. The Balaban J connectivity index is 1.68. The summed E-state index contributed by atoms with van der Waals surface area (Å²) < 4.78 is 5.68. The van der Waals surface area contributed by atoms with Gasteiger partial charge in [-0.15, -0.1) is 0 Å². The molecule has 2 aromatic carbocycles. The predicted octanol–water partition coefficient (Wildman–Crippen LogP) is 3.78. The minimum Gasteiger partial charge on any atom is -0.494 e. The van der Waals surface area contributed by atoms with E-state index in [0.29, 0.717) is 19.2 Å². The van der Waals surface area contributed by atoms with Gasteiger partial charge in [0, 0.05) is 18.3 Å². The first-order valence-electron chi connectivity index (χ1n) is 8.68. The molecule has 0 saturated heterocycles. The van der Waals surface area contributed by atoms with E-state index in [4.69, 9.17) is 4.74 Å². The molecule has 0 radical (unpaired) electrons. The van der Waals surface area contributed by atoms with Gasteiger partial charge >= 0.3 is 6.03 Å². The Morgan fingerprint density at radius 3 is 2.44 bits per heavy atom. The van der Waals surface area contributed by atoms with Crippen molar-refractivity contribution in [3.8, 4) is 5.75 Å². The Morgan fingerprint density at radius 1 is 1.04 bits per heavy atom. The normalized spacial score (nSPS) is 10.5. The molecule has 0 aliphatic heterocycles. The first-order valence-corrected chi connectivity index (χ1v) is 8.68. The second kappa shape index (κ2) is 10.4. The smallest absolute Gasteiger partial charge is 0.319 e. The fraction of sp³-hybridized carbons (Fsp3) is 0.350. The summed E-state index contributed by atoms with van der Waals surface area (Å²) in [5.41, 5.74) is 1.80. The van der Waals surface area contributed by atoms with E-state index in [2.05, 4.69) is 29.8 Å². The average molecular weight is 341 g/mol. The van der Waals surface area contributed by atoms with Crippen LogP contribution >= 0.6 is 0 Å². The lowest BCUT2D eigenvalue weighted by Crippen LogP contribution is -2.28. The van der Waals surface area contributed by atoms with Crippen molar-refractivity contribution >= 4 is 11.7 Å². The standard InChI is InChI=1S/C20H27N3O2/c1-16(2)21-13-6-14-25-19-11-9-18(10-12-19)23-20(24)22-15-17-7-4-3-5-8-17/h3-5,7-12,16,21H,6,13-15H2,1-2H3,(H2,22,23,24). The maximum atomic E-state index is 11.9. The van der Waals surface area contributed by atoms with Crippen LogP contribution in [0.3, 0.4) is 0 Å². The van der Waals surface area contributed by atoms with E-state index in [-0.39, 0.29) is 6.03 Å². The molecule has 0 saturated carbocycles. The molecule has 134 valence electrons. The van der Waals surface area contributed by atoms with Crippen molar-refractivity contribution in [2.24, 2.45) is 0 Å². The lowest BCUT2D eigenvalue weighted by atomic mass is 10.2. The number of hydrogen-bond acceptors (Lipinski definition) is 3. The Bertz CT molecular complexity index is 627. The number of anilines is 1. The molecule has 0 aliphatic rings. The molecule has 0 heterocycles. The largest absolute Gasteiger partial charge is 0.494 e. The Kier molecular flexibility index (Phi) is 7.79. The van der Waals surface area contributed by atoms with Gasteiger partial charge in [-0.2, -0.15) is 0 Å². The van der Waals surface area contributed by atoms with E-state index in [1.54, 1.807) is 0 Å². The number of rotatable bonds is 9. The minimum atomic E-state index is -0.225. The van der Waals surface area contributed by atoms with Gasteiger partial charge in [0.15, 0.2) is 0 Å². The molecule has 2 aromatic rings. The zero-order chi connectivity index (χ0) is 17.9. The first kappa shape index (κ1) is 18.8. The number of carbonyl (C=O) groups excluding carboxylic acids is 1. The molecule has 2 amide bonds. The van der Waals surface area contributed by atoms with Crippen molar-refractivity contribution in [1.29, 1.82) is 0 Å². The van der Waals surface area contributed by atoms with Gasteiger partial charge < -0.3 is 20.7 Å². The van der Waals surface area contributed by atoms with Crippen LogP contribution in [0.1, 0.15) is 25.8 Å². The highest BCUT2D eigenvalue weighted by Gasteiger charge is 2.02. The van der Waals surface area contributed by atoms with Crippen LogP contribution in [0.25, 0.3) is 0 Å². The number of nitrogens with one attached hydrogen (secondary N) is 3. The predicted molar refractivity (Wildman–Crippen MR) is 102 cm³/mol. The van der Waals surface area contributed by atoms with Crippen LogP contribution in [0.2, 0.25) is 0 Å². The molecule has 2 rings (SSSR count). The van der Waals surface area contributed by atoms with Gasteiger partial charge in [0.05, 0.1) is 6.61 Å². The summed E-state index contributed by atoms with van der Waals surface area (Å²) in [6.07, 6.45) is 0.958. The number of amides is 2. The van der Waals surface area contributed by atoms with Crippen LogP contribution in [0, 0.1) is 0 Å². The van der Waals surface area contributed by atoms with E-state index in [1.165, 1.54) is 0 Å². The highest BCUT2D eigenvalue weighted by molar-refractivity contribution is 5.89. The molecule has 0 aromatic heterocycles. The van der Waals surface area contributed by atoms with Crippen LogP contribution in [0.4, 0.5) is 10.5 Å². The summed E-state index contributed by atoms with van der Waals surface area (Å²) in [5, 5.41) is 9.00. The number of hydrogen-bond donors (Lipinski definition) is 3. The fourth-order valence-electron chi connectivity index (χ4n) is 2.24. The third kappa shape index (κ3) is 7.72. The molecule has 0 spiro atoms. The molecule has 5 nitrogen and oxygen atoms in total. The maximum Gasteiger partial charge on any atom is 0.319 e. The zero-order valence-corrected chi connectivity index (χ0v) is 14.9. The maximum absolute atomic E-state index is 11.9. The van der Waals surface area contributed by atoms with Crippen molar-refractivity contribution in [2.75, 3.05) is 18.5 Å². The van der Waals surface area contributed by atoms with Gasteiger partial charge in [0.25, 0.3) is 0 Å². The van der Waals surface area contributed by atoms with E-state index in [0.717, 1.165) is 30.0 Å². The van der Waals surface area contributed by atoms with Crippen molar-refractivity contribution in [3.05, 3.63) is 60.2 Å². The highest BCUT2D eigenvalue weighted by atomic mass is 16.5. The minimum absolute atomic E-state index is 0.225. The summed E-state index contributed by atoms with van der Waals surface area (Å²) in [6, 6.07) is 17.5. The van der Waals surface area contributed by atoms with Gasteiger partial charge in [-0.05, 0) is 42.8 Å². The summed E-state index contributed by atoms with van der Waals surface area (Å²) in [4.78, 5) is 11.9.